The van der Waals surface area contributed by atoms with Crippen LogP contribution < -0.4 is 9.64 Å². The summed E-state index contributed by atoms with van der Waals surface area (Å²) in [5.41, 5.74) is 1.65. The molecule has 3 aliphatic heterocycles. The Hall–Kier alpha value is -3.95. The average molecular weight is 596 g/mol. The number of aromatic hydroxyl groups is 1. The molecule has 4 aromatic rings. The molecule has 4 heterocycles. The number of phenolic OH excluding ortho intramolecular Hbond substituents is 1. The number of piperazine rings is 1. The van der Waals surface area contributed by atoms with E-state index in [1.165, 1.54) is 0 Å². The van der Waals surface area contributed by atoms with Gasteiger partial charge in [0.15, 0.2) is 0 Å². The maximum absolute atomic E-state index is 13.0. The number of phenols is 1. The summed E-state index contributed by atoms with van der Waals surface area (Å²) in [5, 5.41) is 23.8. The fraction of sp³-hybridized carbons (Fsp3) is 0.457. The first-order valence-electron chi connectivity index (χ1n) is 15.8. The van der Waals surface area contributed by atoms with E-state index < -0.39 is 5.60 Å². The molecule has 0 aliphatic carbocycles. The van der Waals surface area contributed by atoms with Gasteiger partial charge in [-0.05, 0) is 99.3 Å². The van der Waals surface area contributed by atoms with Crippen molar-refractivity contribution in [3.63, 3.8) is 0 Å². The molecule has 0 saturated carbocycles. The van der Waals surface area contributed by atoms with Gasteiger partial charge in [-0.25, -0.2) is 0 Å². The molecule has 3 fully saturated rings. The molecule has 2 N–H and O–H groups in total. The highest BCUT2D eigenvalue weighted by molar-refractivity contribution is 6.01. The largest absolute Gasteiger partial charge is 0.508 e. The van der Waals surface area contributed by atoms with Gasteiger partial charge in [-0.2, -0.15) is 9.97 Å². The lowest BCUT2D eigenvalue weighted by atomic mass is 9.97. The van der Waals surface area contributed by atoms with E-state index >= 15 is 0 Å². The minimum Gasteiger partial charge on any atom is -0.508 e. The Balaban J connectivity index is 1.27. The Morgan fingerprint density at radius 1 is 1.00 bits per heavy atom. The van der Waals surface area contributed by atoms with Crippen LogP contribution in [0, 0.1) is 0 Å². The van der Waals surface area contributed by atoms with E-state index in [0.717, 1.165) is 70.8 Å². The van der Waals surface area contributed by atoms with Gasteiger partial charge in [-0.3, -0.25) is 4.79 Å². The molecule has 3 aliphatic rings. The van der Waals surface area contributed by atoms with Crippen LogP contribution in [0.15, 0.2) is 54.6 Å². The van der Waals surface area contributed by atoms with Crippen molar-refractivity contribution in [2.24, 2.45) is 0 Å². The maximum atomic E-state index is 13.0. The quantitative estimate of drug-likeness (QED) is 0.309. The number of rotatable bonds is 7. The van der Waals surface area contributed by atoms with Crippen molar-refractivity contribution in [1.82, 2.24) is 19.8 Å². The van der Waals surface area contributed by atoms with Crippen LogP contribution in [0.1, 0.15) is 46.0 Å². The summed E-state index contributed by atoms with van der Waals surface area (Å²) in [6.45, 7) is 6.17. The Bertz CT molecular complexity index is 1710. The molecule has 9 nitrogen and oxygen atoms in total. The minimum atomic E-state index is -1.03. The molecule has 3 atom stereocenters. The first-order chi connectivity index (χ1) is 21.1. The number of likely N-dealkylation sites (tertiary alicyclic amines) is 2. The smallest absolute Gasteiger partial charge is 0.319 e. The molecule has 1 aromatic heterocycles. The zero-order chi connectivity index (χ0) is 30.6. The number of nitrogens with zero attached hydrogens (tertiary/aromatic N) is 5. The summed E-state index contributed by atoms with van der Waals surface area (Å²) in [6.07, 6.45) is 4.31. The molecule has 1 amide bonds. The fourth-order valence-electron chi connectivity index (χ4n) is 7.35. The van der Waals surface area contributed by atoms with Crippen LogP contribution in [0.2, 0.25) is 0 Å². The van der Waals surface area contributed by atoms with Crippen molar-refractivity contribution >= 4 is 33.4 Å². The minimum absolute atomic E-state index is 0.00529. The maximum Gasteiger partial charge on any atom is 0.319 e. The Morgan fingerprint density at radius 2 is 1.77 bits per heavy atom. The number of anilines is 1. The van der Waals surface area contributed by atoms with Crippen molar-refractivity contribution in [3.8, 4) is 22.9 Å². The van der Waals surface area contributed by atoms with Gasteiger partial charge in [0.05, 0.1) is 17.5 Å². The number of likely N-dealkylation sites (N-methyl/N-ethyl adjacent to an activating group) is 1. The number of benzene rings is 3. The van der Waals surface area contributed by atoms with Crippen molar-refractivity contribution in [3.05, 3.63) is 54.6 Å². The van der Waals surface area contributed by atoms with Gasteiger partial charge in [0.25, 0.3) is 0 Å². The molecule has 3 saturated heterocycles. The summed E-state index contributed by atoms with van der Waals surface area (Å²) in [5.74, 6) is 1.06. The third-order valence-corrected chi connectivity index (χ3v) is 9.55. The third kappa shape index (κ3) is 5.55. The number of ether oxygens (including phenoxy) is 1. The second-order valence-corrected chi connectivity index (χ2v) is 13.4. The number of hydrogen-bond acceptors (Lipinski definition) is 8. The summed E-state index contributed by atoms with van der Waals surface area (Å²) in [6, 6.07) is 18.8. The fourth-order valence-corrected chi connectivity index (χ4v) is 7.35. The first kappa shape index (κ1) is 28.8. The normalized spacial score (nSPS) is 22.3. The molecule has 7 rings (SSSR count). The van der Waals surface area contributed by atoms with Gasteiger partial charge >= 0.3 is 6.01 Å². The average Bonchev–Trinajstić information content (AvgIpc) is 3.51. The van der Waals surface area contributed by atoms with E-state index in [1.54, 1.807) is 19.9 Å². The highest BCUT2D eigenvalue weighted by Gasteiger charge is 2.43. The Morgan fingerprint density at radius 3 is 2.50 bits per heavy atom. The zero-order valence-electron chi connectivity index (χ0n) is 25.7. The number of carbonyl (C=O) groups is 1. The molecule has 0 radical (unpaired) electrons. The predicted octanol–water partition coefficient (Wildman–Crippen LogP) is 4.97. The summed E-state index contributed by atoms with van der Waals surface area (Å²) in [4.78, 5) is 29.6. The number of aromatic nitrogens is 2. The van der Waals surface area contributed by atoms with E-state index in [-0.39, 0.29) is 30.2 Å². The molecule has 230 valence electrons. The highest BCUT2D eigenvalue weighted by atomic mass is 16.5. The third-order valence-electron chi connectivity index (χ3n) is 9.55. The van der Waals surface area contributed by atoms with E-state index in [4.69, 9.17) is 14.7 Å². The highest BCUT2D eigenvalue weighted by Crippen LogP contribution is 2.40. The molecule has 2 bridgehead atoms. The van der Waals surface area contributed by atoms with Gasteiger partial charge in [0.1, 0.15) is 18.2 Å². The van der Waals surface area contributed by atoms with Crippen LogP contribution >= 0.6 is 0 Å². The van der Waals surface area contributed by atoms with Gasteiger partial charge in [0, 0.05) is 36.6 Å². The number of fused-ring (bicyclic) bond motifs is 4. The van der Waals surface area contributed by atoms with Gasteiger partial charge in [-0.15, -0.1) is 0 Å². The lowest BCUT2D eigenvalue weighted by Crippen LogP contribution is -2.56. The van der Waals surface area contributed by atoms with Crippen LogP contribution in [0.5, 0.6) is 11.8 Å². The standard InChI is InChI=1S/C35H41N5O4/c1-35(2,43)18-32(42)39-19-24-11-12-25(20-39)40(24)33-29-13-10-23(30-17-27(41)15-22-7-4-5-9-28(22)30)16-31(29)36-34(37-33)44-21-26-8-6-14-38(26)3/h4-5,7,9-10,13,15-17,24-26,41,43H,6,8,11-12,14,18-21H2,1-3H3/t24-,25+,26-/m0/s1. The Kier molecular flexibility index (Phi) is 7.33. The van der Waals surface area contributed by atoms with Crippen molar-refractivity contribution in [2.75, 3.05) is 38.2 Å². The molecular weight excluding hydrogens is 554 g/mol. The monoisotopic (exact) mass is 595 g/mol. The summed E-state index contributed by atoms with van der Waals surface area (Å²) < 4.78 is 6.32. The molecule has 3 aromatic carbocycles. The van der Waals surface area contributed by atoms with E-state index in [0.29, 0.717) is 31.7 Å². The summed E-state index contributed by atoms with van der Waals surface area (Å²) >= 11 is 0. The molecule has 0 unspecified atom stereocenters. The molecule has 9 heteroatoms. The van der Waals surface area contributed by atoms with E-state index in [1.807, 2.05) is 29.2 Å². The van der Waals surface area contributed by atoms with E-state index in [9.17, 15) is 15.0 Å². The zero-order valence-corrected chi connectivity index (χ0v) is 25.7. The summed E-state index contributed by atoms with van der Waals surface area (Å²) in [7, 11) is 2.13. The SMILES string of the molecule is CN1CCC[C@H]1COc1nc(N2[C@@H]3CC[C@H]2CN(C(=O)CC(C)(C)O)C3)c2ccc(-c3cc(O)cc4ccccc34)cc2n1. The predicted molar refractivity (Wildman–Crippen MR) is 172 cm³/mol. The van der Waals surface area contributed by atoms with E-state index in [2.05, 4.69) is 41.1 Å². The van der Waals surface area contributed by atoms with Gasteiger partial charge < -0.3 is 29.6 Å². The van der Waals surface area contributed by atoms with Crippen molar-refractivity contribution in [2.45, 2.75) is 69.7 Å². The number of hydrogen-bond donors (Lipinski definition) is 2. The number of aliphatic hydroxyl groups is 1. The molecule has 44 heavy (non-hydrogen) atoms. The Labute approximate surface area is 258 Å². The van der Waals surface area contributed by atoms with Gasteiger partial charge in [-0.1, -0.05) is 30.3 Å². The van der Waals surface area contributed by atoms with Crippen LogP contribution in [0.25, 0.3) is 32.8 Å². The van der Waals surface area contributed by atoms with Crippen LogP contribution in [0.4, 0.5) is 5.82 Å². The van der Waals surface area contributed by atoms with Crippen molar-refractivity contribution < 1.29 is 19.7 Å². The topological polar surface area (TPSA) is 102 Å². The second kappa shape index (κ2) is 11.2. The van der Waals surface area contributed by atoms with Crippen LogP contribution in [0.3, 0.4) is 0 Å². The second-order valence-electron chi connectivity index (χ2n) is 13.4. The number of carbonyl (C=O) groups excluding carboxylic acids is 1. The van der Waals surface area contributed by atoms with Crippen LogP contribution in [-0.4, -0.2) is 92.9 Å². The number of amides is 1. The van der Waals surface area contributed by atoms with Gasteiger partial charge in [0.2, 0.25) is 5.91 Å². The van der Waals surface area contributed by atoms with Crippen LogP contribution in [-0.2, 0) is 4.79 Å². The molecule has 0 spiro atoms. The lowest BCUT2D eigenvalue weighted by Gasteiger charge is -2.42. The molecular formula is C35H41N5O4. The first-order valence-corrected chi connectivity index (χ1v) is 15.8. The lowest BCUT2D eigenvalue weighted by molar-refractivity contribution is -0.136. The van der Waals surface area contributed by atoms with Crippen molar-refractivity contribution in [1.29, 1.82) is 0 Å².